The first-order valence-electron chi connectivity index (χ1n) is 7.05. The van der Waals surface area contributed by atoms with Crippen LogP contribution in [-0.4, -0.2) is 16.7 Å². The van der Waals surface area contributed by atoms with Gasteiger partial charge in [0.1, 0.15) is 5.75 Å². The van der Waals surface area contributed by atoms with Gasteiger partial charge in [-0.25, -0.2) is 0 Å². The summed E-state index contributed by atoms with van der Waals surface area (Å²) in [7, 11) is 1.68. The molecule has 2 aromatic rings. The molecule has 20 heavy (non-hydrogen) atoms. The van der Waals surface area contributed by atoms with Gasteiger partial charge >= 0.3 is 0 Å². The average Bonchev–Trinajstić information content (AvgIpc) is 2.67. The van der Waals surface area contributed by atoms with Gasteiger partial charge in [0.2, 0.25) is 0 Å². The summed E-state index contributed by atoms with van der Waals surface area (Å²) in [5.74, 6) is 1.51. The van der Waals surface area contributed by atoms with E-state index in [4.69, 9.17) is 17.0 Å². The first-order chi connectivity index (χ1) is 9.29. The number of benzene rings is 1. The van der Waals surface area contributed by atoms with Crippen LogP contribution in [0.3, 0.4) is 0 Å². The molecule has 4 heteroatoms. The number of H-pyrrole nitrogens is 1. The number of hydrogen-bond acceptors (Lipinski definition) is 2. The van der Waals surface area contributed by atoms with Crippen LogP contribution in [0, 0.1) is 21.5 Å². The molecule has 1 aliphatic carbocycles. The highest BCUT2D eigenvalue weighted by Crippen LogP contribution is 2.68. The summed E-state index contributed by atoms with van der Waals surface area (Å²) in [6.45, 7) is 10.4. The molecular formula is C16H22N2OS. The molecule has 1 saturated carbocycles. The predicted octanol–water partition coefficient (Wildman–Crippen LogP) is 4.39. The molecule has 0 spiro atoms. The van der Waals surface area contributed by atoms with Crippen molar-refractivity contribution in [2.75, 3.05) is 7.11 Å². The number of aromatic amines is 1. The quantitative estimate of drug-likeness (QED) is 0.850. The van der Waals surface area contributed by atoms with Gasteiger partial charge in [-0.05, 0) is 41.1 Å². The monoisotopic (exact) mass is 290 g/mol. The van der Waals surface area contributed by atoms with E-state index >= 15 is 0 Å². The van der Waals surface area contributed by atoms with Gasteiger partial charge < -0.3 is 14.3 Å². The van der Waals surface area contributed by atoms with E-state index in [0.717, 1.165) is 28.1 Å². The van der Waals surface area contributed by atoms with Crippen molar-refractivity contribution in [3.8, 4) is 5.75 Å². The van der Waals surface area contributed by atoms with Crippen LogP contribution in [0.15, 0.2) is 18.2 Å². The number of nitrogens with one attached hydrogen (secondary N) is 1. The highest BCUT2D eigenvalue weighted by Gasteiger charge is 2.64. The SMILES string of the molecule is COc1ccc2c(c1)[nH]c(=S)n2CC1C(C)(C)C1(C)C. The van der Waals surface area contributed by atoms with E-state index in [1.807, 2.05) is 12.1 Å². The van der Waals surface area contributed by atoms with E-state index < -0.39 is 0 Å². The lowest BCUT2D eigenvalue weighted by Crippen LogP contribution is -2.04. The van der Waals surface area contributed by atoms with Crippen LogP contribution < -0.4 is 4.74 Å². The fourth-order valence-corrected chi connectivity index (χ4v) is 3.71. The molecule has 0 atom stereocenters. The first kappa shape index (κ1) is 13.7. The minimum atomic E-state index is 0.373. The number of aromatic nitrogens is 2. The number of imidazole rings is 1. The van der Waals surface area contributed by atoms with E-state index in [-0.39, 0.29) is 0 Å². The fourth-order valence-electron chi connectivity index (χ4n) is 3.42. The normalized spacial score (nSPS) is 20.2. The van der Waals surface area contributed by atoms with Crippen LogP contribution in [0.1, 0.15) is 27.7 Å². The van der Waals surface area contributed by atoms with E-state index in [2.05, 4.69) is 43.3 Å². The zero-order valence-corrected chi connectivity index (χ0v) is 13.6. The highest BCUT2D eigenvalue weighted by atomic mass is 32.1. The number of nitrogens with zero attached hydrogens (tertiary/aromatic N) is 1. The van der Waals surface area contributed by atoms with Gasteiger partial charge in [-0.1, -0.05) is 27.7 Å². The molecule has 0 amide bonds. The van der Waals surface area contributed by atoms with Crippen molar-refractivity contribution < 1.29 is 4.74 Å². The van der Waals surface area contributed by atoms with Crippen molar-refractivity contribution in [1.82, 2.24) is 9.55 Å². The summed E-state index contributed by atoms with van der Waals surface area (Å²) < 4.78 is 8.29. The molecule has 1 aromatic heterocycles. The second kappa shape index (κ2) is 4.10. The molecule has 1 fully saturated rings. The summed E-state index contributed by atoms with van der Waals surface area (Å²) in [6, 6.07) is 6.08. The minimum absolute atomic E-state index is 0.373. The zero-order valence-electron chi connectivity index (χ0n) is 12.8. The molecule has 1 aromatic carbocycles. The molecule has 0 unspecified atom stereocenters. The van der Waals surface area contributed by atoms with Crippen molar-refractivity contribution in [3.63, 3.8) is 0 Å². The van der Waals surface area contributed by atoms with Gasteiger partial charge in [-0.15, -0.1) is 0 Å². The van der Waals surface area contributed by atoms with Crippen LogP contribution in [0.4, 0.5) is 0 Å². The maximum Gasteiger partial charge on any atom is 0.178 e. The predicted molar refractivity (Wildman–Crippen MR) is 84.7 cm³/mol. The Kier molecular flexibility index (Phi) is 2.81. The van der Waals surface area contributed by atoms with Crippen molar-refractivity contribution in [1.29, 1.82) is 0 Å². The number of rotatable bonds is 3. The third-order valence-corrected chi connectivity index (χ3v) is 5.99. The van der Waals surface area contributed by atoms with E-state index in [1.165, 1.54) is 0 Å². The van der Waals surface area contributed by atoms with Gasteiger partial charge in [0.25, 0.3) is 0 Å². The summed E-state index contributed by atoms with van der Waals surface area (Å²) in [5, 5.41) is 0. The molecule has 3 nitrogen and oxygen atoms in total. The van der Waals surface area contributed by atoms with Crippen LogP contribution in [-0.2, 0) is 6.54 Å². The second-order valence-corrected chi connectivity index (χ2v) is 7.31. The van der Waals surface area contributed by atoms with Gasteiger partial charge in [0, 0.05) is 12.6 Å². The van der Waals surface area contributed by atoms with Gasteiger partial charge in [-0.3, -0.25) is 0 Å². The number of ether oxygens (including phenoxy) is 1. The molecule has 0 bridgehead atoms. The Labute approximate surface area is 125 Å². The Balaban J connectivity index is 2.01. The van der Waals surface area contributed by atoms with Gasteiger partial charge in [0.05, 0.1) is 18.1 Å². The van der Waals surface area contributed by atoms with Crippen LogP contribution in [0.2, 0.25) is 0 Å². The van der Waals surface area contributed by atoms with Crippen molar-refractivity contribution in [3.05, 3.63) is 23.0 Å². The number of methoxy groups -OCH3 is 1. The summed E-state index contributed by atoms with van der Waals surface area (Å²) in [6.07, 6.45) is 0. The smallest absolute Gasteiger partial charge is 0.178 e. The Hall–Kier alpha value is -1.29. The third kappa shape index (κ3) is 1.74. The molecule has 3 rings (SSSR count). The van der Waals surface area contributed by atoms with E-state index in [0.29, 0.717) is 16.7 Å². The Bertz CT molecular complexity index is 710. The molecular weight excluding hydrogens is 268 g/mol. The largest absolute Gasteiger partial charge is 0.497 e. The molecule has 1 aliphatic rings. The van der Waals surface area contributed by atoms with Crippen LogP contribution in [0.25, 0.3) is 11.0 Å². The van der Waals surface area contributed by atoms with Crippen molar-refractivity contribution >= 4 is 23.3 Å². The van der Waals surface area contributed by atoms with Gasteiger partial charge in [0.15, 0.2) is 4.77 Å². The molecule has 0 aliphatic heterocycles. The molecule has 1 heterocycles. The van der Waals surface area contributed by atoms with Gasteiger partial charge in [-0.2, -0.15) is 0 Å². The Morgan fingerprint density at radius 1 is 1.25 bits per heavy atom. The maximum absolute atomic E-state index is 5.50. The summed E-state index contributed by atoms with van der Waals surface area (Å²) >= 11 is 5.50. The fraction of sp³-hybridized carbons (Fsp3) is 0.562. The minimum Gasteiger partial charge on any atom is -0.497 e. The third-order valence-electron chi connectivity index (χ3n) is 5.67. The lowest BCUT2D eigenvalue weighted by molar-refractivity contribution is 0.415. The maximum atomic E-state index is 5.50. The standard InChI is InChI=1S/C16H22N2OS/c1-15(2)13(16(15,3)4)9-18-12-7-6-10(19-5)8-11(12)17-14(18)20/h6-8,13H,9H2,1-5H3,(H,17,20). The second-order valence-electron chi connectivity index (χ2n) is 6.92. The van der Waals surface area contributed by atoms with Crippen molar-refractivity contribution in [2.45, 2.75) is 34.2 Å². The van der Waals surface area contributed by atoms with Crippen molar-refractivity contribution in [2.24, 2.45) is 16.7 Å². The Morgan fingerprint density at radius 3 is 2.45 bits per heavy atom. The molecule has 0 saturated heterocycles. The number of fused-ring (bicyclic) bond motifs is 1. The topological polar surface area (TPSA) is 29.9 Å². The molecule has 0 radical (unpaired) electrons. The number of hydrogen-bond donors (Lipinski definition) is 1. The lowest BCUT2D eigenvalue weighted by Gasteiger charge is -2.06. The summed E-state index contributed by atoms with van der Waals surface area (Å²) in [5.41, 5.74) is 2.95. The first-order valence-corrected chi connectivity index (χ1v) is 7.46. The lowest BCUT2D eigenvalue weighted by atomic mass is 10.0. The van der Waals surface area contributed by atoms with Crippen LogP contribution >= 0.6 is 12.2 Å². The molecule has 108 valence electrons. The average molecular weight is 290 g/mol. The summed E-state index contributed by atoms with van der Waals surface area (Å²) in [4.78, 5) is 3.29. The highest BCUT2D eigenvalue weighted by molar-refractivity contribution is 7.71. The zero-order chi connectivity index (χ0) is 14.7. The van der Waals surface area contributed by atoms with Crippen LogP contribution in [0.5, 0.6) is 5.75 Å². The molecule has 1 N–H and O–H groups in total. The van der Waals surface area contributed by atoms with E-state index in [1.54, 1.807) is 7.11 Å². The van der Waals surface area contributed by atoms with E-state index in [9.17, 15) is 0 Å². The Morgan fingerprint density at radius 2 is 1.90 bits per heavy atom.